The normalized spacial score (nSPS) is 13.7. The van der Waals surface area contributed by atoms with Crippen LogP contribution in [0.15, 0.2) is 36.1 Å². The van der Waals surface area contributed by atoms with Crippen molar-refractivity contribution in [2.75, 3.05) is 0 Å². The lowest BCUT2D eigenvalue weighted by atomic mass is 10.0. The van der Waals surface area contributed by atoms with Crippen LogP contribution in [0.5, 0.6) is 0 Å². The zero-order valence-corrected chi connectivity index (χ0v) is 8.25. The minimum Gasteiger partial charge on any atom is -0.508 e. The number of nitrogens with two attached hydrogens (primary N) is 2. The Kier molecular flexibility index (Phi) is 4.45. The molecule has 0 saturated carbocycles. The van der Waals surface area contributed by atoms with Crippen molar-refractivity contribution >= 4 is 0 Å². The van der Waals surface area contributed by atoms with E-state index in [-0.39, 0.29) is 5.76 Å². The van der Waals surface area contributed by atoms with Crippen molar-refractivity contribution in [1.82, 2.24) is 0 Å². The van der Waals surface area contributed by atoms with Crippen LogP contribution in [0.1, 0.15) is 20.3 Å². The van der Waals surface area contributed by atoms with Gasteiger partial charge >= 0.3 is 0 Å². The van der Waals surface area contributed by atoms with Gasteiger partial charge in [-0.15, -0.1) is 0 Å². The van der Waals surface area contributed by atoms with Crippen LogP contribution < -0.4 is 11.5 Å². The van der Waals surface area contributed by atoms with Crippen LogP contribution >= 0.6 is 0 Å². The maximum atomic E-state index is 9.08. The van der Waals surface area contributed by atoms with Gasteiger partial charge in [0.2, 0.25) is 0 Å². The van der Waals surface area contributed by atoms with Crippen molar-refractivity contribution in [3.05, 3.63) is 36.1 Å². The topological polar surface area (TPSA) is 72.3 Å². The summed E-state index contributed by atoms with van der Waals surface area (Å²) in [5, 5.41) is 9.08. The molecule has 0 fully saturated rings. The molecule has 0 spiro atoms. The molecule has 0 saturated heterocycles. The molecule has 0 heterocycles. The van der Waals surface area contributed by atoms with Crippen molar-refractivity contribution in [2.24, 2.45) is 11.5 Å². The summed E-state index contributed by atoms with van der Waals surface area (Å²) >= 11 is 0. The van der Waals surface area contributed by atoms with Crippen molar-refractivity contribution in [1.29, 1.82) is 0 Å². The summed E-state index contributed by atoms with van der Waals surface area (Å²) < 4.78 is 0. The lowest BCUT2D eigenvalue weighted by Gasteiger charge is -2.18. The quantitative estimate of drug-likeness (QED) is 0.351. The molecule has 0 rings (SSSR count). The largest absolute Gasteiger partial charge is 0.508 e. The van der Waals surface area contributed by atoms with Gasteiger partial charge in [0.25, 0.3) is 0 Å². The molecule has 0 atom stereocenters. The number of rotatable bonds is 4. The Morgan fingerprint density at radius 1 is 1.46 bits per heavy atom. The van der Waals surface area contributed by atoms with Gasteiger partial charge in [-0.2, -0.15) is 0 Å². The third-order valence-corrected chi connectivity index (χ3v) is 1.39. The second kappa shape index (κ2) is 4.84. The van der Waals surface area contributed by atoms with Crippen LogP contribution in [0.3, 0.4) is 0 Å². The zero-order valence-electron chi connectivity index (χ0n) is 8.25. The summed E-state index contributed by atoms with van der Waals surface area (Å²) in [7, 11) is 0. The van der Waals surface area contributed by atoms with Gasteiger partial charge in [-0.05, 0) is 26.0 Å². The van der Waals surface area contributed by atoms with E-state index >= 15 is 0 Å². The molecule has 0 aromatic rings. The first-order valence-corrected chi connectivity index (χ1v) is 4.14. The van der Waals surface area contributed by atoms with Crippen LogP contribution in [0.4, 0.5) is 0 Å². The fourth-order valence-electron chi connectivity index (χ4n) is 0.848. The first kappa shape index (κ1) is 11.9. The summed E-state index contributed by atoms with van der Waals surface area (Å²) in [6, 6.07) is 0. The van der Waals surface area contributed by atoms with Crippen LogP contribution in [-0.4, -0.2) is 10.8 Å². The van der Waals surface area contributed by atoms with Crippen molar-refractivity contribution in [3.8, 4) is 0 Å². The summed E-state index contributed by atoms with van der Waals surface area (Å²) in [5.74, 6) is 0.205. The fourth-order valence-corrected chi connectivity index (χ4v) is 0.848. The average molecular weight is 182 g/mol. The molecule has 3 heteroatoms. The molecule has 0 aromatic carbocycles. The van der Waals surface area contributed by atoms with E-state index in [1.807, 2.05) is 0 Å². The predicted octanol–water partition coefficient (Wildman–Crippen LogP) is 1.58. The minimum atomic E-state index is -0.743. The first-order chi connectivity index (χ1) is 5.85. The molecule has 0 aliphatic heterocycles. The average Bonchev–Trinajstić information content (AvgIpc) is 1.97. The first-order valence-electron chi connectivity index (χ1n) is 4.14. The molecule has 5 N–H and O–H groups in total. The maximum Gasteiger partial charge on any atom is 0.111 e. The van der Waals surface area contributed by atoms with Gasteiger partial charge in [0.1, 0.15) is 5.76 Å². The Morgan fingerprint density at radius 3 is 2.38 bits per heavy atom. The van der Waals surface area contributed by atoms with E-state index in [4.69, 9.17) is 16.6 Å². The number of allylic oxidation sites excluding steroid dienone is 3. The van der Waals surface area contributed by atoms with Gasteiger partial charge in [-0.25, -0.2) is 0 Å². The van der Waals surface area contributed by atoms with Crippen molar-refractivity contribution in [3.63, 3.8) is 0 Å². The monoisotopic (exact) mass is 182 g/mol. The van der Waals surface area contributed by atoms with Gasteiger partial charge in [0, 0.05) is 6.42 Å². The second-order valence-electron chi connectivity index (χ2n) is 3.39. The van der Waals surface area contributed by atoms with E-state index in [2.05, 4.69) is 6.58 Å². The van der Waals surface area contributed by atoms with E-state index in [1.165, 1.54) is 0 Å². The third-order valence-electron chi connectivity index (χ3n) is 1.39. The van der Waals surface area contributed by atoms with E-state index in [1.54, 1.807) is 32.1 Å². The van der Waals surface area contributed by atoms with Crippen LogP contribution in [0, 0.1) is 0 Å². The highest BCUT2D eigenvalue weighted by molar-refractivity contribution is 5.23. The van der Waals surface area contributed by atoms with Gasteiger partial charge in [0.15, 0.2) is 0 Å². The van der Waals surface area contributed by atoms with Crippen LogP contribution in [-0.2, 0) is 0 Å². The number of hydrogen-bond donors (Lipinski definition) is 3. The van der Waals surface area contributed by atoms with E-state index in [0.29, 0.717) is 6.42 Å². The Labute approximate surface area is 79.4 Å². The predicted molar refractivity (Wildman–Crippen MR) is 56.1 cm³/mol. The molecule has 0 aliphatic rings. The molecule has 13 heavy (non-hydrogen) atoms. The molecule has 0 aliphatic carbocycles. The minimum absolute atomic E-state index is 0.205. The highest BCUT2D eigenvalue weighted by Crippen LogP contribution is 2.08. The van der Waals surface area contributed by atoms with E-state index in [0.717, 1.165) is 5.57 Å². The van der Waals surface area contributed by atoms with E-state index in [9.17, 15) is 0 Å². The highest BCUT2D eigenvalue weighted by Gasteiger charge is 2.10. The molecule has 0 aromatic heterocycles. The standard InChI is InChI=1S/C10H18N2O/c1-4-9(13)6-5-8(2)7-10(3,11)12/h4-6,13H,2,7,11-12H2,1,3H3/b6-5-,9-4+. The third kappa shape index (κ3) is 7.31. The number of hydrogen-bond acceptors (Lipinski definition) is 3. The van der Waals surface area contributed by atoms with E-state index < -0.39 is 5.66 Å². The molecule has 74 valence electrons. The summed E-state index contributed by atoms with van der Waals surface area (Å²) in [4.78, 5) is 0. The molecule has 3 nitrogen and oxygen atoms in total. The second-order valence-corrected chi connectivity index (χ2v) is 3.39. The van der Waals surface area contributed by atoms with Crippen LogP contribution in [0.25, 0.3) is 0 Å². The number of aliphatic hydroxyl groups is 1. The molecule has 0 unspecified atom stereocenters. The summed E-state index contributed by atoms with van der Waals surface area (Å²) in [6.07, 6.45) is 5.36. The van der Waals surface area contributed by atoms with Crippen molar-refractivity contribution < 1.29 is 5.11 Å². The summed E-state index contributed by atoms with van der Waals surface area (Å²) in [5.41, 5.74) is 11.2. The Hall–Kier alpha value is -1.06. The van der Waals surface area contributed by atoms with Gasteiger partial charge < -0.3 is 16.6 Å². The summed E-state index contributed by atoms with van der Waals surface area (Å²) in [6.45, 7) is 7.23. The number of aliphatic hydroxyl groups excluding tert-OH is 1. The maximum absolute atomic E-state index is 9.08. The smallest absolute Gasteiger partial charge is 0.111 e. The highest BCUT2D eigenvalue weighted by atomic mass is 16.3. The Balaban J connectivity index is 4.10. The Morgan fingerprint density at radius 2 is 2.00 bits per heavy atom. The molecular weight excluding hydrogens is 164 g/mol. The molecule has 0 amide bonds. The zero-order chi connectivity index (χ0) is 10.5. The molecular formula is C10H18N2O. The molecule has 0 radical (unpaired) electrons. The molecule has 0 bridgehead atoms. The van der Waals surface area contributed by atoms with Crippen LogP contribution in [0.2, 0.25) is 0 Å². The lowest BCUT2D eigenvalue weighted by Crippen LogP contribution is -2.46. The van der Waals surface area contributed by atoms with Crippen molar-refractivity contribution in [2.45, 2.75) is 25.9 Å². The fraction of sp³-hybridized carbons (Fsp3) is 0.400. The van der Waals surface area contributed by atoms with Gasteiger partial charge in [-0.1, -0.05) is 18.2 Å². The van der Waals surface area contributed by atoms with Gasteiger partial charge in [-0.3, -0.25) is 0 Å². The Bertz CT molecular complexity index is 234. The lowest BCUT2D eigenvalue weighted by molar-refractivity contribution is 0.431. The SMILES string of the molecule is C=C(/C=C\C(O)=C/C)CC(C)(N)N. The van der Waals surface area contributed by atoms with Gasteiger partial charge in [0.05, 0.1) is 5.66 Å².